The highest BCUT2D eigenvalue weighted by Crippen LogP contribution is 2.26. The Hall–Kier alpha value is -2.49. The van der Waals surface area contributed by atoms with Gasteiger partial charge in [-0.2, -0.15) is 0 Å². The largest absolute Gasteiger partial charge is 0.460 e. The van der Waals surface area contributed by atoms with Crippen molar-refractivity contribution in [3.8, 4) is 0 Å². The fourth-order valence-electron chi connectivity index (χ4n) is 3.36. The number of rotatable bonds is 3. The third-order valence-corrected chi connectivity index (χ3v) is 4.51. The maximum atomic E-state index is 12.9. The smallest absolute Gasteiger partial charge is 0.270 e. The van der Waals surface area contributed by atoms with Crippen molar-refractivity contribution in [3.05, 3.63) is 59.5 Å². The number of hydrogen-bond donors (Lipinski definition) is 0. The maximum Gasteiger partial charge on any atom is 0.270 e. The second-order valence-corrected chi connectivity index (χ2v) is 6.21. The molecule has 0 bridgehead atoms. The number of hydrogen-bond acceptors (Lipinski definition) is 2. The number of carbonyl (C=O) groups is 1. The number of furan rings is 1. The standard InChI is InChI=1S/C19H20N2O2/c1-14-11-16-18(23-14)12-17(19(22)20-9-5-6-10-20)21(16)13-15-7-3-2-4-8-15/h2-4,7-8,11-12H,5-6,9-10,13H2,1H3. The molecule has 1 amide bonds. The highest BCUT2D eigenvalue weighted by Gasteiger charge is 2.25. The summed E-state index contributed by atoms with van der Waals surface area (Å²) in [5.74, 6) is 0.986. The molecule has 1 fully saturated rings. The lowest BCUT2D eigenvalue weighted by atomic mass is 10.2. The molecule has 1 saturated heterocycles. The van der Waals surface area contributed by atoms with Crippen LogP contribution in [0.1, 0.15) is 34.7 Å². The molecule has 1 aliphatic rings. The molecule has 0 unspecified atom stereocenters. The number of amides is 1. The van der Waals surface area contributed by atoms with E-state index in [1.165, 1.54) is 5.56 Å². The molecular weight excluding hydrogens is 288 g/mol. The minimum absolute atomic E-state index is 0.113. The third-order valence-electron chi connectivity index (χ3n) is 4.51. The molecule has 0 aliphatic carbocycles. The predicted octanol–water partition coefficient (Wildman–Crippen LogP) is 3.83. The molecular formula is C19H20N2O2. The second-order valence-electron chi connectivity index (χ2n) is 6.21. The lowest BCUT2D eigenvalue weighted by molar-refractivity contribution is 0.0783. The Labute approximate surface area is 135 Å². The van der Waals surface area contributed by atoms with Gasteiger partial charge >= 0.3 is 0 Å². The monoisotopic (exact) mass is 308 g/mol. The van der Waals surface area contributed by atoms with Gasteiger partial charge in [-0.15, -0.1) is 0 Å². The Morgan fingerprint density at radius 3 is 2.61 bits per heavy atom. The number of fused-ring (bicyclic) bond motifs is 1. The van der Waals surface area contributed by atoms with Crippen LogP contribution in [0.4, 0.5) is 0 Å². The van der Waals surface area contributed by atoms with Gasteiger partial charge in [-0.1, -0.05) is 30.3 Å². The second kappa shape index (κ2) is 5.61. The third kappa shape index (κ3) is 2.54. The van der Waals surface area contributed by atoms with E-state index in [1.54, 1.807) is 0 Å². The fraction of sp³-hybridized carbons (Fsp3) is 0.316. The zero-order chi connectivity index (χ0) is 15.8. The Morgan fingerprint density at radius 1 is 1.13 bits per heavy atom. The summed E-state index contributed by atoms with van der Waals surface area (Å²) in [6.07, 6.45) is 2.20. The van der Waals surface area contributed by atoms with E-state index in [1.807, 2.05) is 42.2 Å². The Kier molecular flexibility index (Phi) is 3.45. The number of carbonyl (C=O) groups excluding carboxylic acids is 1. The number of benzene rings is 1. The zero-order valence-electron chi connectivity index (χ0n) is 13.3. The van der Waals surface area contributed by atoms with Crippen LogP contribution in [0, 0.1) is 6.92 Å². The van der Waals surface area contributed by atoms with Crippen molar-refractivity contribution in [3.63, 3.8) is 0 Å². The summed E-state index contributed by atoms with van der Waals surface area (Å²) in [6, 6.07) is 14.1. The maximum absolute atomic E-state index is 12.9. The molecule has 0 spiro atoms. The number of likely N-dealkylation sites (tertiary alicyclic amines) is 1. The van der Waals surface area contributed by atoms with Gasteiger partial charge in [-0.05, 0) is 25.3 Å². The Morgan fingerprint density at radius 2 is 1.87 bits per heavy atom. The molecule has 1 aliphatic heterocycles. The number of nitrogens with zero attached hydrogens (tertiary/aromatic N) is 2. The van der Waals surface area contributed by atoms with E-state index in [9.17, 15) is 4.79 Å². The summed E-state index contributed by atoms with van der Waals surface area (Å²) >= 11 is 0. The average molecular weight is 308 g/mol. The van der Waals surface area contributed by atoms with Gasteiger partial charge in [-0.3, -0.25) is 4.79 Å². The van der Waals surface area contributed by atoms with E-state index in [0.29, 0.717) is 6.54 Å². The van der Waals surface area contributed by atoms with Crippen molar-refractivity contribution in [2.45, 2.75) is 26.3 Å². The van der Waals surface area contributed by atoms with Crippen LogP contribution in [0.25, 0.3) is 11.1 Å². The molecule has 0 radical (unpaired) electrons. The molecule has 23 heavy (non-hydrogen) atoms. The van der Waals surface area contributed by atoms with Crippen LogP contribution in [0.3, 0.4) is 0 Å². The molecule has 0 saturated carbocycles. The summed E-state index contributed by atoms with van der Waals surface area (Å²) in [5.41, 5.74) is 3.69. The van der Waals surface area contributed by atoms with Gasteiger partial charge in [0.05, 0.1) is 5.52 Å². The quantitative estimate of drug-likeness (QED) is 0.737. The van der Waals surface area contributed by atoms with E-state index in [0.717, 1.165) is 48.5 Å². The van der Waals surface area contributed by atoms with Gasteiger partial charge in [0.15, 0.2) is 5.58 Å². The van der Waals surface area contributed by atoms with Crippen molar-refractivity contribution in [2.75, 3.05) is 13.1 Å². The summed E-state index contributed by atoms with van der Waals surface area (Å²) in [7, 11) is 0. The molecule has 4 heteroatoms. The lowest BCUT2D eigenvalue weighted by Crippen LogP contribution is -2.29. The van der Waals surface area contributed by atoms with Crippen LogP contribution in [-0.2, 0) is 6.54 Å². The first-order valence-corrected chi connectivity index (χ1v) is 8.15. The molecule has 1 aromatic carbocycles. The van der Waals surface area contributed by atoms with E-state index >= 15 is 0 Å². The first-order chi connectivity index (χ1) is 11.2. The van der Waals surface area contributed by atoms with Crippen LogP contribution >= 0.6 is 0 Å². The van der Waals surface area contributed by atoms with E-state index in [2.05, 4.69) is 16.7 Å². The Balaban J connectivity index is 1.78. The van der Waals surface area contributed by atoms with Gasteiger partial charge in [-0.25, -0.2) is 0 Å². The van der Waals surface area contributed by atoms with Gasteiger partial charge in [0.2, 0.25) is 0 Å². The molecule has 3 heterocycles. The molecule has 4 nitrogen and oxygen atoms in total. The first-order valence-electron chi connectivity index (χ1n) is 8.15. The molecule has 118 valence electrons. The van der Waals surface area contributed by atoms with Crippen LogP contribution in [0.15, 0.2) is 46.9 Å². The van der Waals surface area contributed by atoms with E-state index in [4.69, 9.17) is 4.42 Å². The predicted molar refractivity (Wildman–Crippen MR) is 89.6 cm³/mol. The van der Waals surface area contributed by atoms with Crippen molar-refractivity contribution in [2.24, 2.45) is 0 Å². The van der Waals surface area contributed by atoms with E-state index < -0.39 is 0 Å². The first kappa shape index (κ1) is 14.1. The van der Waals surface area contributed by atoms with Crippen LogP contribution in [0.2, 0.25) is 0 Å². The zero-order valence-corrected chi connectivity index (χ0v) is 13.3. The minimum Gasteiger partial charge on any atom is -0.460 e. The van der Waals surface area contributed by atoms with Crippen LogP contribution in [0.5, 0.6) is 0 Å². The lowest BCUT2D eigenvalue weighted by Gasteiger charge is -2.17. The van der Waals surface area contributed by atoms with Crippen molar-refractivity contribution in [1.29, 1.82) is 0 Å². The molecule has 2 aromatic heterocycles. The fourth-order valence-corrected chi connectivity index (χ4v) is 3.36. The van der Waals surface area contributed by atoms with Gasteiger partial charge < -0.3 is 13.9 Å². The van der Waals surface area contributed by atoms with Crippen molar-refractivity contribution in [1.82, 2.24) is 9.47 Å². The van der Waals surface area contributed by atoms with Gasteiger partial charge in [0, 0.05) is 31.8 Å². The highest BCUT2D eigenvalue weighted by molar-refractivity contribution is 5.97. The molecule has 0 atom stereocenters. The number of aromatic nitrogens is 1. The van der Waals surface area contributed by atoms with Gasteiger partial charge in [0.25, 0.3) is 5.91 Å². The van der Waals surface area contributed by atoms with Crippen molar-refractivity contribution >= 4 is 17.0 Å². The normalized spacial score (nSPS) is 14.7. The molecule has 0 N–H and O–H groups in total. The van der Waals surface area contributed by atoms with Crippen LogP contribution in [-0.4, -0.2) is 28.5 Å². The Bertz CT molecular complexity index is 839. The summed E-state index contributed by atoms with van der Waals surface area (Å²) < 4.78 is 7.83. The topological polar surface area (TPSA) is 38.4 Å². The highest BCUT2D eigenvalue weighted by atomic mass is 16.3. The van der Waals surface area contributed by atoms with Crippen LogP contribution < -0.4 is 0 Å². The molecule has 4 rings (SSSR count). The average Bonchev–Trinajstić information content (AvgIpc) is 3.26. The summed E-state index contributed by atoms with van der Waals surface area (Å²) in [4.78, 5) is 14.8. The van der Waals surface area contributed by atoms with Gasteiger partial charge in [0.1, 0.15) is 11.5 Å². The minimum atomic E-state index is 0.113. The van der Waals surface area contributed by atoms with Crippen molar-refractivity contribution < 1.29 is 9.21 Å². The summed E-state index contributed by atoms with van der Waals surface area (Å²) in [6.45, 7) is 4.33. The number of aryl methyl sites for hydroxylation is 1. The molecule has 3 aromatic rings. The SMILES string of the molecule is Cc1cc2c(cc(C(=O)N3CCCC3)n2Cc2ccccc2)o1. The summed E-state index contributed by atoms with van der Waals surface area (Å²) in [5, 5.41) is 0. The van der Waals surface area contributed by atoms with E-state index in [-0.39, 0.29) is 5.91 Å².